The van der Waals surface area contributed by atoms with E-state index in [2.05, 4.69) is 176 Å². The summed E-state index contributed by atoms with van der Waals surface area (Å²) in [5, 5.41) is 17.7. The number of hydrogen-bond acceptors (Lipinski definition) is 6. The Balaban J connectivity index is 0.000000181. The van der Waals surface area contributed by atoms with Gasteiger partial charge in [0.05, 0.1) is 0 Å². The van der Waals surface area contributed by atoms with E-state index in [-0.39, 0.29) is 5.41 Å². The predicted molar refractivity (Wildman–Crippen MR) is 240 cm³/mol. The van der Waals surface area contributed by atoms with Gasteiger partial charge in [0.25, 0.3) is 0 Å². The Hall–Kier alpha value is -4.32. The first-order valence-electron chi connectivity index (χ1n) is 20.8. The molecular formula is C48H72N6. The summed E-state index contributed by atoms with van der Waals surface area (Å²) in [6.45, 7) is 26.6. The Morgan fingerprint density at radius 1 is 0.796 bits per heavy atom. The Kier molecular flexibility index (Phi) is 15.6. The Bertz CT molecular complexity index is 1750. The van der Waals surface area contributed by atoms with Crippen molar-refractivity contribution < 1.29 is 0 Å². The van der Waals surface area contributed by atoms with E-state index >= 15 is 0 Å². The monoisotopic (exact) mass is 733 g/mol. The van der Waals surface area contributed by atoms with E-state index in [1.54, 1.807) is 0 Å². The molecule has 6 heteroatoms. The summed E-state index contributed by atoms with van der Waals surface area (Å²) in [4.78, 5) is 0. The van der Waals surface area contributed by atoms with E-state index in [0.29, 0.717) is 30.0 Å². The minimum Gasteiger partial charge on any atom is -0.398 e. The second-order valence-corrected chi connectivity index (χ2v) is 16.5. The second kappa shape index (κ2) is 19.8. The van der Waals surface area contributed by atoms with Gasteiger partial charge in [-0.1, -0.05) is 96.5 Å². The van der Waals surface area contributed by atoms with Crippen LogP contribution in [0.15, 0.2) is 78.9 Å². The van der Waals surface area contributed by atoms with Gasteiger partial charge in [-0.2, -0.15) is 0 Å². The number of rotatable bonds is 11. The minimum absolute atomic E-state index is 0.0697. The molecule has 0 saturated heterocycles. The van der Waals surface area contributed by atoms with Crippen LogP contribution in [0.25, 0.3) is 0 Å². The maximum absolute atomic E-state index is 6.03. The lowest BCUT2D eigenvalue weighted by atomic mass is 9.71. The fourth-order valence-corrected chi connectivity index (χ4v) is 7.67. The van der Waals surface area contributed by atoms with Gasteiger partial charge < -0.3 is 32.3 Å². The Morgan fingerprint density at radius 3 is 2.17 bits per heavy atom. The molecule has 6 rings (SSSR count). The molecule has 54 heavy (non-hydrogen) atoms. The molecule has 0 radical (unpaired) electrons. The molecule has 2 aliphatic rings. The molecule has 4 aromatic carbocycles. The number of nitrogens with two attached hydrogens (primary N) is 1. The van der Waals surface area contributed by atoms with Crippen molar-refractivity contribution >= 4 is 34.1 Å². The molecule has 4 atom stereocenters. The number of hydrogen-bond donors (Lipinski definition) is 6. The van der Waals surface area contributed by atoms with Gasteiger partial charge in [0, 0.05) is 70.8 Å². The van der Waals surface area contributed by atoms with Crippen LogP contribution in [-0.2, 0) is 5.41 Å². The number of nitrogen functional groups attached to an aromatic ring is 1. The van der Waals surface area contributed by atoms with Crippen molar-refractivity contribution in [2.24, 2.45) is 0 Å². The van der Waals surface area contributed by atoms with Crippen LogP contribution in [0.1, 0.15) is 141 Å². The first-order chi connectivity index (χ1) is 25.8. The average molecular weight is 733 g/mol. The van der Waals surface area contributed by atoms with E-state index in [1.165, 1.54) is 75.5 Å². The van der Waals surface area contributed by atoms with Crippen molar-refractivity contribution in [3.63, 3.8) is 0 Å². The quantitative estimate of drug-likeness (QED) is 0.0861. The van der Waals surface area contributed by atoms with Gasteiger partial charge in [0.1, 0.15) is 0 Å². The highest BCUT2D eigenvalue weighted by Crippen LogP contribution is 2.44. The van der Waals surface area contributed by atoms with Crippen LogP contribution in [0.4, 0.5) is 34.1 Å². The first kappa shape index (κ1) is 42.4. The summed E-state index contributed by atoms with van der Waals surface area (Å²) in [6, 6.07) is 29.9. The van der Waals surface area contributed by atoms with Crippen molar-refractivity contribution in [1.29, 1.82) is 0 Å². The highest BCUT2D eigenvalue weighted by molar-refractivity contribution is 5.71. The summed E-state index contributed by atoms with van der Waals surface area (Å²) in [7, 11) is 0. The molecule has 0 fully saturated rings. The summed E-state index contributed by atoms with van der Waals surface area (Å²) in [5.74, 6) is 1.23. The summed E-state index contributed by atoms with van der Waals surface area (Å²) >= 11 is 0. The predicted octanol–water partition coefficient (Wildman–Crippen LogP) is 12.7. The molecule has 0 bridgehead atoms. The second-order valence-electron chi connectivity index (χ2n) is 16.5. The van der Waals surface area contributed by atoms with Crippen molar-refractivity contribution in [2.75, 3.05) is 45.4 Å². The molecule has 6 nitrogen and oxygen atoms in total. The Labute approximate surface area is 328 Å². The average Bonchev–Trinajstić information content (AvgIpc) is 3.14. The highest BCUT2D eigenvalue weighted by atomic mass is 14.9. The van der Waals surface area contributed by atoms with Gasteiger partial charge in [-0.15, -0.1) is 0 Å². The minimum atomic E-state index is 0.0697. The van der Waals surface area contributed by atoms with Crippen molar-refractivity contribution in [1.82, 2.24) is 0 Å². The van der Waals surface area contributed by atoms with Gasteiger partial charge in [-0.05, 0) is 130 Å². The van der Waals surface area contributed by atoms with Crippen LogP contribution in [0.2, 0.25) is 0 Å². The van der Waals surface area contributed by atoms with E-state index in [1.807, 2.05) is 6.07 Å². The van der Waals surface area contributed by atoms with E-state index in [9.17, 15) is 0 Å². The first-order valence-corrected chi connectivity index (χ1v) is 20.8. The SMILES string of the molecule is CCC(C)Nc1cc(NC(C)C)ccc1C(C)C.CCCC(C)Nc1ccc2c(c1)NCCC2C.Cc1c(N)ccc2c1NCCC2(C)c1ccccc1. The third-order valence-corrected chi connectivity index (χ3v) is 11.2. The number of nitrogens with one attached hydrogen (secondary N) is 5. The lowest BCUT2D eigenvalue weighted by Gasteiger charge is -2.38. The molecule has 0 saturated carbocycles. The molecule has 294 valence electrons. The van der Waals surface area contributed by atoms with Gasteiger partial charge in [-0.3, -0.25) is 0 Å². The van der Waals surface area contributed by atoms with Crippen LogP contribution < -0.4 is 32.3 Å². The smallest absolute Gasteiger partial charge is 0.0432 e. The number of benzene rings is 4. The van der Waals surface area contributed by atoms with Crippen LogP contribution in [0, 0.1) is 6.92 Å². The lowest BCUT2D eigenvalue weighted by Crippen LogP contribution is -2.33. The van der Waals surface area contributed by atoms with E-state index in [4.69, 9.17) is 5.73 Å². The maximum atomic E-state index is 6.03. The zero-order valence-corrected chi connectivity index (χ0v) is 35.4. The maximum Gasteiger partial charge on any atom is 0.0432 e. The van der Waals surface area contributed by atoms with Gasteiger partial charge in [0.15, 0.2) is 0 Å². The third kappa shape index (κ3) is 11.1. The zero-order valence-electron chi connectivity index (χ0n) is 35.4. The molecule has 0 aliphatic carbocycles. The molecule has 7 N–H and O–H groups in total. The molecule has 4 aromatic rings. The van der Waals surface area contributed by atoms with Crippen molar-refractivity contribution in [3.05, 3.63) is 107 Å². The number of anilines is 6. The molecular weight excluding hydrogens is 661 g/mol. The fourth-order valence-electron chi connectivity index (χ4n) is 7.67. The standard InChI is InChI=1S/C17H20N2.C16H28N2.C15H24N2/c1-12-15(18)9-8-14-16(12)19-11-10-17(14,2)13-6-4-3-5-7-13;1-7-13(6)18-16-10-14(17-12(4)5)8-9-15(16)11(2)3;1-4-5-12(3)17-13-6-7-14-11(2)8-9-16-15(14)10-13/h3-9,19H,10-11,18H2,1-2H3;8-13,17-18H,7H2,1-6H3;6-7,10-12,16-17H,4-5,8-9H2,1-3H3. The van der Waals surface area contributed by atoms with Gasteiger partial charge in [0.2, 0.25) is 0 Å². The van der Waals surface area contributed by atoms with Crippen molar-refractivity contribution in [2.45, 2.75) is 144 Å². The zero-order chi connectivity index (χ0) is 39.4. The topological polar surface area (TPSA) is 86.2 Å². The molecule has 0 spiro atoms. The molecule has 2 heterocycles. The van der Waals surface area contributed by atoms with E-state index in [0.717, 1.165) is 31.6 Å². The van der Waals surface area contributed by atoms with Crippen LogP contribution in [0.3, 0.4) is 0 Å². The third-order valence-electron chi connectivity index (χ3n) is 11.2. The lowest BCUT2D eigenvalue weighted by molar-refractivity contribution is 0.521. The van der Waals surface area contributed by atoms with Crippen LogP contribution in [-0.4, -0.2) is 31.2 Å². The summed E-state index contributed by atoms with van der Waals surface area (Å²) < 4.78 is 0. The summed E-state index contributed by atoms with van der Waals surface area (Å²) in [5.41, 5.74) is 20.0. The fraction of sp³-hybridized carbons (Fsp3) is 0.500. The van der Waals surface area contributed by atoms with Crippen LogP contribution in [0.5, 0.6) is 0 Å². The normalized spacial score (nSPS) is 18.3. The molecule has 0 amide bonds. The van der Waals surface area contributed by atoms with E-state index < -0.39 is 0 Å². The van der Waals surface area contributed by atoms with Crippen molar-refractivity contribution in [3.8, 4) is 0 Å². The summed E-state index contributed by atoms with van der Waals surface area (Å²) in [6.07, 6.45) is 5.94. The van der Waals surface area contributed by atoms with Gasteiger partial charge >= 0.3 is 0 Å². The van der Waals surface area contributed by atoms with Crippen LogP contribution >= 0.6 is 0 Å². The molecule has 2 aliphatic heterocycles. The largest absolute Gasteiger partial charge is 0.398 e. The number of fused-ring (bicyclic) bond motifs is 2. The molecule has 0 aromatic heterocycles. The molecule has 4 unspecified atom stereocenters. The Morgan fingerprint density at radius 2 is 1.50 bits per heavy atom. The van der Waals surface area contributed by atoms with Gasteiger partial charge in [-0.25, -0.2) is 0 Å². The highest BCUT2D eigenvalue weighted by Gasteiger charge is 2.34.